The van der Waals surface area contributed by atoms with Crippen LogP contribution in [0.25, 0.3) is 11.1 Å². The monoisotopic (exact) mass is 414 g/mol. The average molecular weight is 415 g/mol. The Morgan fingerprint density at radius 2 is 1.50 bits per heavy atom. The predicted molar refractivity (Wildman–Crippen MR) is 109 cm³/mol. The number of carbonyl (C=O) groups is 2. The molecule has 0 aliphatic heterocycles. The fraction of sp³-hybridized carbons (Fsp3) is 0.0476. The second-order valence-electron chi connectivity index (χ2n) is 5.81. The zero-order valence-corrected chi connectivity index (χ0v) is 16.1. The number of nitrogens with one attached hydrogen (secondary N) is 2. The van der Waals surface area contributed by atoms with Gasteiger partial charge in [-0.05, 0) is 41.5 Å². The number of hydrogen-bond donors (Lipinski definition) is 2. The summed E-state index contributed by atoms with van der Waals surface area (Å²) in [6.07, 6.45) is 0. The largest absolute Gasteiger partial charge is 0.484 e. The normalized spacial score (nSPS) is 10.2. The molecule has 0 bridgehead atoms. The predicted octanol–water partition coefficient (Wildman–Crippen LogP) is 4.50. The molecule has 3 aromatic carbocycles. The van der Waals surface area contributed by atoms with E-state index < -0.39 is 11.8 Å². The molecule has 0 atom stereocenters. The molecular weight excluding hydrogens is 399 g/mol. The Morgan fingerprint density at radius 3 is 2.18 bits per heavy atom. The summed E-state index contributed by atoms with van der Waals surface area (Å²) in [5.41, 5.74) is 6.89. The van der Waals surface area contributed by atoms with E-state index in [-0.39, 0.29) is 17.2 Å². The Balaban J connectivity index is 1.48. The van der Waals surface area contributed by atoms with E-state index in [1.807, 2.05) is 42.5 Å². The lowest BCUT2D eigenvalue weighted by molar-refractivity contribution is -0.123. The van der Waals surface area contributed by atoms with E-state index in [0.29, 0.717) is 10.8 Å². The molecule has 0 unspecified atom stereocenters. The van der Waals surface area contributed by atoms with Gasteiger partial charge in [-0.25, -0.2) is 0 Å². The lowest BCUT2D eigenvalue weighted by Gasteiger charge is -2.10. The van der Waals surface area contributed by atoms with E-state index in [9.17, 15) is 9.59 Å². The maximum Gasteiger partial charge on any atom is 0.276 e. The molecule has 0 radical (unpaired) electrons. The van der Waals surface area contributed by atoms with Gasteiger partial charge in [0.25, 0.3) is 11.8 Å². The highest BCUT2D eigenvalue weighted by Gasteiger charge is 2.12. The van der Waals surface area contributed by atoms with Crippen molar-refractivity contribution in [2.45, 2.75) is 0 Å². The van der Waals surface area contributed by atoms with Crippen molar-refractivity contribution in [3.05, 3.63) is 88.4 Å². The topological polar surface area (TPSA) is 67.4 Å². The molecule has 0 heterocycles. The molecule has 5 nitrogen and oxygen atoms in total. The van der Waals surface area contributed by atoms with Crippen molar-refractivity contribution in [1.82, 2.24) is 10.9 Å². The molecule has 3 rings (SSSR count). The van der Waals surface area contributed by atoms with Crippen molar-refractivity contribution in [2.75, 3.05) is 6.61 Å². The highest BCUT2D eigenvalue weighted by molar-refractivity contribution is 6.36. The Labute approximate surface area is 172 Å². The van der Waals surface area contributed by atoms with Crippen LogP contribution in [-0.2, 0) is 4.79 Å². The van der Waals surface area contributed by atoms with Crippen molar-refractivity contribution in [1.29, 1.82) is 0 Å². The molecule has 0 aromatic heterocycles. The van der Waals surface area contributed by atoms with Gasteiger partial charge >= 0.3 is 0 Å². The van der Waals surface area contributed by atoms with Crippen LogP contribution in [0.2, 0.25) is 10.0 Å². The summed E-state index contributed by atoms with van der Waals surface area (Å²) >= 11 is 11.7. The Morgan fingerprint density at radius 1 is 0.821 bits per heavy atom. The third-order valence-electron chi connectivity index (χ3n) is 3.82. The van der Waals surface area contributed by atoms with Crippen LogP contribution in [0.4, 0.5) is 0 Å². The van der Waals surface area contributed by atoms with Crippen LogP contribution in [0.1, 0.15) is 10.4 Å². The summed E-state index contributed by atoms with van der Waals surface area (Å²) in [6.45, 7) is -0.251. The van der Waals surface area contributed by atoms with Crippen molar-refractivity contribution in [2.24, 2.45) is 0 Å². The first-order valence-electron chi connectivity index (χ1n) is 8.35. The molecular formula is C21H16Cl2N2O3. The molecule has 0 spiro atoms. The lowest BCUT2D eigenvalue weighted by Crippen LogP contribution is -2.43. The number of rotatable bonds is 5. The SMILES string of the molecule is O=C(COc1ccc(-c2ccccc2)cc1)NNC(=O)c1ccc(Cl)cc1Cl. The van der Waals surface area contributed by atoms with Gasteiger partial charge in [0, 0.05) is 5.02 Å². The second-order valence-corrected chi connectivity index (χ2v) is 6.65. The van der Waals surface area contributed by atoms with E-state index in [1.54, 1.807) is 12.1 Å². The van der Waals surface area contributed by atoms with Crippen LogP contribution in [0, 0.1) is 0 Å². The molecule has 3 aromatic rings. The van der Waals surface area contributed by atoms with Crippen LogP contribution >= 0.6 is 23.2 Å². The molecule has 142 valence electrons. The molecule has 2 amide bonds. The van der Waals surface area contributed by atoms with E-state index in [1.165, 1.54) is 18.2 Å². The first-order chi connectivity index (χ1) is 13.5. The van der Waals surface area contributed by atoms with Gasteiger partial charge < -0.3 is 4.74 Å². The Bertz CT molecular complexity index is 977. The molecule has 2 N–H and O–H groups in total. The number of hydrogen-bond acceptors (Lipinski definition) is 3. The van der Waals surface area contributed by atoms with Crippen molar-refractivity contribution in [3.8, 4) is 16.9 Å². The Hall–Kier alpha value is -3.02. The van der Waals surface area contributed by atoms with Crippen LogP contribution in [0.5, 0.6) is 5.75 Å². The van der Waals surface area contributed by atoms with Crippen molar-refractivity contribution < 1.29 is 14.3 Å². The van der Waals surface area contributed by atoms with E-state index in [2.05, 4.69) is 10.9 Å². The molecule has 0 fully saturated rings. The van der Waals surface area contributed by atoms with Crippen molar-refractivity contribution in [3.63, 3.8) is 0 Å². The summed E-state index contributed by atoms with van der Waals surface area (Å²) in [5, 5.41) is 0.603. The third kappa shape index (κ3) is 5.25. The highest BCUT2D eigenvalue weighted by atomic mass is 35.5. The van der Waals surface area contributed by atoms with Gasteiger partial charge in [0.1, 0.15) is 5.75 Å². The van der Waals surface area contributed by atoms with Gasteiger partial charge in [-0.1, -0.05) is 65.7 Å². The van der Waals surface area contributed by atoms with Crippen molar-refractivity contribution >= 4 is 35.0 Å². The second kappa shape index (κ2) is 9.26. The first kappa shape index (κ1) is 19.7. The van der Waals surface area contributed by atoms with Crippen LogP contribution in [0.15, 0.2) is 72.8 Å². The van der Waals surface area contributed by atoms with E-state index in [4.69, 9.17) is 27.9 Å². The number of ether oxygens (including phenoxy) is 1. The average Bonchev–Trinajstić information content (AvgIpc) is 2.71. The lowest BCUT2D eigenvalue weighted by atomic mass is 10.1. The number of carbonyl (C=O) groups excluding carboxylic acids is 2. The number of hydrazine groups is 1. The fourth-order valence-corrected chi connectivity index (χ4v) is 2.92. The van der Waals surface area contributed by atoms with Gasteiger partial charge in [-0.2, -0.15) is 0 Å². The summed E-state index contributed by atoms with van der Waals surface area (Å²) in [5.74, 6) is -0.519. The van der Waals surface area contributed by atoms with Crippen LogP contribution in [0.3, 0.4) is 0 Å². The van der Waals surface area contributed by atoms with E-state index >= 15 is 0 Å². The van der Waals surface area contributed by atoms with E-state index in [0.717, 1.165) is 11.1 Å². The molecule has 0 aliphatic rings. The van der Waals surface area contributed by atoms with Gasteiger partial charge in [0.15, 0.2) is 6.61 Å². The summed E-state index contributed by atoms with van der Waals surface area (Å²) in [4.78, 5) is 23.9. The van der Waals surface area contributed by atoms with Gasteiger partial charge in [0.2, 0.25) is 0 Å². The maximum absolute atomic E-state index is 12.0. The first-order valence-corrected chi connectivity index (χ1v) is 9.11. The number of benzene rings is 3. The number of amides is 2. The minimum atomic E-state index is -0.553. The summed E-state index contributed by atoms with van der Waals surface area (Å²) in [6, 6.07) is 21.7. The fourth-order valence-electron chi connectivity index (χ4n) is 2.43. The zero-order valence-electron chi connectivity index (χ0n) is 14.6. The number of halogens is 2. The highest BCUT2D eigenvalue weighted by Crippen LogP contribution is 2.22. The van der Waals surface area contributed by atoms with Crippen LogP contribution in [-0.4, -0.2) is 18.4 Å². The smallest absolute Gasteiger partial charge is 0.276 e. The standard InChI is InChI=1S/C21H16Cl2N2O3/c22-16-8-11-18(19(23)12-16)21(27)25-24-20(26)13-28-17-9-6-15(7-10-17)14-4-2-1-3-5-14/h1-12H,13H2,(H,24,26)(H,25,27). The Kier molecular flexibility index (Phi) is 6.53. The molecule has 7 heteroatoms. The van der Waals surface area contributed by atoms with Gasteiger partial charge in [-0.3, -0.25) is 20.4 Å². The minimum Gasteiger partial charge on any atom is -0.484 e. The molecule has 0 aliphatic carbocycles. The van der Waals surface area contributed by atoms with Crippen LogP contribution < -0.4 is 15.6 Å². The third-order valence-corrected chi connectivity index (χ3v) is 4.37. The molecule has 28 heavy (non-hydrogen) atoms. The minimum absolute atomic E-state index is 0.189. The van der Waals surface area contributed by atoms with Gasteiger partial charge in [-0.15, -0.1) is 0 Å². The summed E-state index contributed by atoms with van der Waals surface area (Å²) < 4.78 is 5.43. The quantitative estimate of drug-likeness (QED) is 0.603. The summed E-state index contributed by atoms with van der Waals surface area (Å²) in [7, 11) is 0. The molecule has 0 saturated carbocycles. The molecule has 0 saturated heterocycles. The zero-order chi connectivity index (χ0) is 19.9. The van der Waals surface area contributed by atoms with Gasteiger partial charge in [0.05, 0.1) is 10.6 Å². The maximum atomic E-state index is 12.0.